The fourth-order valence-electron chi connectivity index (χ4n) is 1.65. The highest BCUT2D eigenvalue weighted by atomic mass is 16.5. The molecule has 1 aliphatic heterocycles. The molecular formula is C9H11N3O4. The third-order valence-corrected chi connectivity index (χ3v) is 2.43. The average molecular weight is 225 g/mol. The van der Waals surface area contributed by atoms with Crippen molar-refractivity contribution in [2.75, 3.05) is 5.73 Å². The maximum Gasteiger partial charge on any atom is 0.351 e. The Morgan fingerprint density at radius 2 is 2.38 bits per heavy atom. The van der Waals surface area contributed by atoms with Crippen molar-refractivity contribution < 1.29 is 14.6 Å². The van der Waals surface area contributed by atoms with Gasteiger partial charge in [0.1, 0.15) is 12.0 Å². The molecule has 3 N–H and O–H groups in total. The molecule has 0 amide bonds. The standard InChI is InChI=1S/C9H11N3O4/c10-6-3-4-12(9(15)11-6)7-2-1-5(16-7)8(13)14/h3-5,7H,1-2H2,(H,13,14)(H2,10,11,15)/t5-,7+/m0/s1. The first kappa shape index (κ1) is 10.6. The number of carbonyl (C=O) groups is 1. The Bertz CT molecular complexity index is 470. The van der Waals surface area contributed by atoms with Crippen LogP contribution >= 0.6 is 0 Å². The van der Waals surface area contributed by atoms with Crippen molar-refractivity contribution in [2.45, 2.75) is 25.2 Å². The Morgan fingerprint density at radius 3 is 2.94 bits per heavy atom. The summed E-state index contributed by atoms with van der Waals surface area (Å²) < 4.78 is 6.46. The molecule has 2 heterocycles. The summed E-state index contributed by atoms with van der Waals surface area (Å²) >= 11 is 0. The topological polar surface area (TPSA) is 107 Å². The van der Waals surface area contributed by atoms with Crippen molar-refractivity contribution in [3.05, 3.63) is 22.7 Å². The van der Waals surface area contributed by atoms with Gasteiger partial charge >= 0.3 is 11.7 Å². The van der Waals surface area contributed by atoms with Crippen molar-refractivity contribution in [1.29, 1.82) is 0 Å². The molecule has 2 rings (SSSR count). The molecule has 0 saturated carbocycles. The first-order valence-electron chi connectivity index (χ1n) is 4.81. The lowest BCUT2D eigenvalue weighted by atomic mass is 10.2. The maximum absolute atomic E-state index is 11.4. The summed E-state index contributed by atoms with van der Waals surface area (Å²) in [5.41, 5.74) is 4.81. The van der Waals surface area contributed by atoms with Gasteiger partial charge in [-0.25, -0.2) is 9.59 Å². The second-order valence-electron chi connectivity index (χ2n) is 3.54. The summed E-state index contributed by atoms with van der Waals surface area (Å²) in [6, 6.07) is 1.47. The highest BCUT2D eigenvalue weighted by Gasteiger charge is 2.31. The van der Waals surface area contributed by atoms with Crippen molar-refractivity contribution in [3.8, 4) is 0 Å². The smallest absolute Gasteiger partial charge is 0.351 e. The van der Waals surface area contributed by atoms with E-state index in [0.29, 0.717) is 12.8 Å². The molecule has 7 heteroatoms. The molecule has 0 aliphatic carbocycles. The second kappa shape index (κ2) is 3.93. The van der Waals surface area contributed by atoms with Gasteiger partial charge in [-0.2, -0.15) is 4.98 Å². The number of aliphatic carboxylic acids is 1. The SMILES string of the molecule is Nc1ccn([C@H]2CC[C@@H](C(=O)O)O2)c(=O)n1. The van der Waals surface area contributed by atoms with Crippen LogP contribution in [0.1, 0.15) is 19.1 Å². The minimum absolute atomic E-state index is 0.133. The fraction of sp³-hybridized carbons (Fsp3) is 0.444. The van der Waals surface area contributed by atoms with Crippen molar-refractivity contribution in [2.24, 2.45) is 0 Å². The third kappa shape index (κ3) is 1.89. The van der Waals surface area contributed by atoms with E-state index in [2.05, 4.69) is 4.98 Å². The molecule has 1 aliphatic rings. The number of ether oxygens (including phenoxy) is 1. The predicted octanol–water partition coefficient (Wildman–Crippen LogP) is -0.412. The number of rotatable bonds is 2. The monoisotopic (exact) mass is 225 g/mol. The molecule has 0 aromatic carbocycles. The van der Waals surface area contributed by atoms with Crippen LogP contribution in [-0.4, -0.2) is 26.7 Å². The van der Waals surface area contributed by atoms with Crippen LogP contribution in [0.3, 0.4) is 0 Å². The number of carboxylic acid groups (broad SMARTS) is 1. The Balaban J connectivity index is 2.21. The fourth-order valence-corrected chi connectivity index (χ4v) is 1.65. The van der Waals surface area contributed by atoms with Gasteiger partial charge in [0.2, 0.25) is 0 Å². The molecule has 86 valence electrons. The highest BCUT2D eigenvalue weighted by Crippen LogP contribution is 2.26. The van der Waals surface area contributed by atoms with Crippen LogP contribution in [0.5, 0.6) is 0 Å². The Labute approximate surface area is 90.5 Å². The summed E-state index contributed by atoms with van der Waals surface area (Å²) in [5, 5.41) is 8.74. The van der Waals surface area contributed by atoms with Crippen LogP contribution in [0.15, 0.2) is 17.1 Å². The molecule has 0 bridgehead atoms. The molecule has 0 unspecified atom stereocenters. The summed E-state index contributed by atoms with van der Waals surface area (Å²) in [5.74, 6) is -0.881. The number of hydrogen-bond donors (Lipinski definition) is 2. The van der Waals surface area contributed by atoms with Gasteiger partial charge in [0.25, 0.3) is 0 Å². The molecular weight excluding hydrogens is 214 g/mol. The molecule has 1 fully saturated rings. The Kier molecular flexibility index (Phi) is 2.61. The Morgan fingerprint density at radius 1 is 1.62 bits per heavy atom. The van der Waals surface area contributed by atoms with Gasteiger partial charge in [-0.1, -0.05) is 0 Å². The zero-order valence-electron chi connectivity index (χ0n) is 8.37. The van der Waals surface area contributed by atoms with Crippen LogP contribution in [0.25, 0.3) is 0 Å². The molecule has 7 nitrogen and oxygen atoms in total. The normalized spacial score (nSPS) is 24.5. The number of nitrogens with two attached hydrogens (primary N) is 1. The minimum atomic E-state index is -1.01. The molecule has 2 atom stereocenters. The lowest BCUT2D eigenvalue weighted by Crippen LogP contribution is -2.28. The molecule has 0 radical (unpaired) electrons. The van der Waals surface area contributed by atoms with E-state index < -0.39 is 24.0 Å². The second-order valence-corrected chi connectivity index (χ2v) is 3.54. The minimum Gasteiger partial charge on any atom is -0.479 e. The van der Waals surface area contributed by atoms with E-state index in [1.165, 1.54) is 16.8 Å². The first-order valence-corrected chi connectivity index (χ1v) is 4.81. The molecule has 1 aromatic rings. The van der Waals surface area contributed by atoms with Crippen LogP contribution < -0.4 is 11.4 Å². The maximum atomic E-state index is 11.4. The average Bonchev–Trinajstić information content (AvgIpc) is 2.66. The molecule has 16 heavy (non-hydrogen) atoms. The van der Waals surface area contributed by atoms with Crippen LogP contribution in [0.4, 0.5) is 5.82 Å². The van der Waals surface area contributed by atoms with E-state index in [4.69, 9.17) is 15.6 Å². The number of nitrogen functional groups attached to an aromatic ring is 1. The van der Waals surface area contributed by atoms with Gasteiger partial charge < -0.3 is 15.6 Å². The third-order valence-electron chi connectivity index (χ3n) is 2.43. The largest absolute Gasteiger partial charge is 0.479 e. The lowest BCUT2D eigenvalue weighted by Gasteiger charge is -2.13. The quantitative estimate of drug-likeness (QED) is 0.708. The summed E-state index contributed by atoms with van der Waals surface area (Å²) in [6.07, 6.45) is 0.898. The van der Waals surface area contributed by atoms with Crippen molar-refractivity contribution in [1.82, 2.24) is 9.55 Å². The van der Waals surface area contributed by atoms with Crippen LogP contribution in [-0.2, 0) is 9.53 Å². The van der Waals surface area contributed by atoms with Crippen molar-refractivity contribution in [3.63, 3.8) is 0 Å². The number of anilines is 1. The van der Waals surface area contributed by atoms with E-state index in [1.54, 1.807) is 0 Å². The summed E-state index contributed by atoms with van der Waals surface area (Å²) in [4.78, 5) is 25.7. The molecule has 1 aromatic heterocycles. The van der Waals surface area contributed by atoms with Gasteiger partial charge in [-0.15, -0.1) is 0 Å². The predicted molar refractivity (Wildman–Crippen MR) is 53.7 cm³/mol. The van der Waals surface area contributed by atoms with Gasteiger partial charge in [0.05, 0.1) is 0 Å². The van der Waals surface area contributed by atoms with Crippen LogP contribution in [0, 0.1) is 0 Å². The number of carboxylic acids is 1. The van der Waals surface area contributed by atoms with E-state index in [0.717, 1.165) is 0 Å². The van der Waals surface area contributed by atoms with Gasteiger partial charge in [-0.05, 0) is 18.9 Å². The van der Waals surface area contributed by atoms with E-state index in [9.17, 15) is 9.59 Å². The first-order chi connectivity index (χ1) is 7.58. The van der Waals surface area contributed by atoms with Gasteiger partial charge in [-0.3, -0.25) is 4.57 Å². The summed E-state index contributed by atoms with van der Waals surface area (Å²) in [7, 11) is 0. The zero-order chi connectivity index (χ0) is 11.7. The number of hydrogen-bond acceptors (Lipinski definition) is 5. The van der Waals surface area contributed by atoms with Gasteiger partial charge in [0, 0.05) is 6.20 Å². The summed E-state index contributed by atoms with van der Waals surface area (Å²) in [6.45, 7) is 0. The van der Waals surface area contributed by atoms with Crippen molar-refractivity contribution >= 4 is 11.8 Å². The van der Waals surface area contributed by atoms with Gasteiger partial charge in [0.15, 0.2) is 6.10 Å². The number of nitrogens with zero attached hydrogens (tertiary/aromatic N) is 2. The van der Waals surface area contributed by atoms with E-state index >= 15 is 0 Å². The number of aromatic nitrogens is 2. The molecule has 1 saturated heterocycles. The van der Waals surface area contributed by atoms with E-state index in [1.807, 2.05) is 0 Å². The zero-order valence-corrected chi connectivity index (χ0v) is 8.37. The molecule has 0 spiro atoms. The lowest BCUT2D eigenvalue weighted by molar-refractivity contribution is -0.151. The van der Waals surface area contributed by atoms with Crippen LogP contribution in [0.2, 0.25) is 0 Å². The Hall–Kier alpha value is -1.89. The highest BCUT2D eigenvalue weighted by molar-refractivity contribution is 5.72. The van der Waals surface area contributed by atoms with E-state index in [-0.39, 0.29) is 5.82 Å².